The second-order valence-corrected chi connectivity index (χ2v) is 8.35. The van der Waals surface area contributed by atoms with Gasteiger partial charge in [-0.2, -0.15) is 11.8 Å². The molecule has 1 saturated carbocycles. The van der Waals surface area contributed by atoms with Gasteiger partial charge in [-0.1, -0.05) is 24.3 Å². The van der Waals surface area contributed by atoms with Crippen molar-refractivity contribution in [1.82, 2.24) is 10.6 Å². The Hall–Kier alpha value is -0.430. The van der Waals surface area contributed by atoms with E-state index >= 15 is 0 Å². The van der Waals surface area contributed by atoms with Gasteiger partial charge in [-0.25, -0.2) is 0 Å². The summed E-state index contributed by atoms with van der Waals surface area (Å²) in [5.74, 6) is 0.905. The molecule has 0 radical (unpaired) electrons. The fourth-order valence-electron chi connectivity index (χ4n) is 2.70. The Morgan fingerprint density at radius 2 is 1.91 bits per heavy atom. The van der Waals surface area contributed by atoms with E-state index in [4.69, 9.17) is 0 Å². The number of thioether (sulfide) groups is 1. The first kappa shape index (κ1) is 20.6. The van der Waals surface area contributed by atoms with Crippen molar-refractivity contribution < 1.29 is 0 Å². The standard InChI is InChI=1S/C18H29N3S.HI/c1-14-8-6-7-9-15(14)18(10-11-18)13-21-16(19-4)20-12-17(2,3)22-5;/h6-9H,10-13H2,1-5H3,(H2,19,20,21);1H. The fraction of sp³-hybridized carbons (Fsp3) is 0.611. The van der Waals surface area contributed by atoms with Crippen LogP contribution in [-0.2, 0) is 5.41 Å². The molecule has 1 fully saturated rings. The number of guanidine groups is 1. The molecule has 0 aromatic heterocycles. The summed E-state index contributed by atoms with van der Waals surface area (Å²) in [5.41, 5.74) is 3.19. The van der Waals surface area contributed by atoms with Crippen LogP contribution in [0.5, 0.6) is 0 Å². The van der Waals surface area contributed by atoms with Crippen molar-refractivity contribution >= 4 is 41.7 Å². The zero-order valence-corrected chi connectivity index (χ0v) is 18.0. The highest BCUT2D eigenvalue weighted by Gasteiger charge is 2.44. The smallest absolute Gasteiger partial charge is 0.191 e. The molecule has 0 atom stereocenters. The number of nitrogens with one attached hydrogen (secondary N) is 2. The van der Waals surface area contributed by atoms with Crippen LogP contribution >= 0.6 is 35.7 Å². The Balaban J connectivity index is 0.00000264. The molecule has 0 unspecified atom stereocenters. The summed E-state index contributed by atoms with van der Waals surface area (Å²) >= 11 is 1.87. The highest BCUT2D eigenvalue weighted by Crippen LogP contribution is 2.48. The average molecular weight is 447 g/mol. The molecule has 0 spiro atoms. The molecule has 0 amide bonds. The first-order valence-corrected chi connectivity index (χ1v) is 9.21. The molecule has 1 aliphatic rings. The topological polar surface area (TPSA) is 36.4 Å². The predicted octanol–water partition coefficient (Wildman–Crippen LogP) is 3.95. The van der Waals surface area contributed by atoms with Crippen molar-refractivity contribution in [3.8, 4) is 0 Å². The van der Waals surface area contributed by atoms with Gasteiger partial charge in [-0.3, -0.25) is 4.99 Å². The molecule has 0 bridgehead atoms. The summed E-state index contributed by atoms with van der Waals surface area (Å²) in [6.45, 7) is 8.56. The van der Waals surface area contributed by atoms with Gasteiger partial charge in [0.2, 0.25) is 0 Å². The Labute approximate surface area is 162 Å². The molecule has 0 saturated heterocycles. The van der Waals surface area contributed by atoms with Gasteiger partial charge in [0.05, 0.1) is 0 Å². The maximum Gasteiger partial charge on any atom is 0.191 e. The van der Waals surface area contributed by atoms with Gasteiger partial charge in [0.25, 0.3) is 0 Å². The number of hydrogen-bond acceptors (Lipinski definition) is 2. The summed E-state index contributed by atoms with van der Waals surface area (Å²) in [7, 11) is 1.84. The number of benzene rings is 1. The minimum absolute atomic E-state index is 0. The van der Waals surface area contributed by atoms with Crippen LogP contribution in [0.1, 0.15) is 37.8 Å². The van der Waals surface area contributed by atoms with Gasteiger partial charge in [-0.05, 0) is 51.0 Å². The Bertz CT molecular complexity index is 539. The largest absolute Gasteiger partial charge is 0.356 e. The van der Waals surface area contributed by atoms with E-state index in [1.165, 1.54) is 24.0 Å². The monoisotopic (exact) mass is 447 g/mol. The molecule has 23 heavy (non-hydrogen) atoms. The average Bonchev–Trinajstić information content (AvgIpc) is 3.29. The third-order valence-corrected chi connectivity index (χ3v) is 5.87. The van der Waals surface area contributed by atoms with Gasteiger partial charge < -0.3 is 10.6 Å². The third-order valence-electron chi connectivity index (χ3n) is 4.62. The molecule has 0 aliphatic heterocycles. The Kier molecular flexibility index (Phi) is 7.71. The van der Waals surface area contributed by atoms with Gasteiger partial charge in [-0.15, -0.1) is 24.0 Å². The van der Waals surface area contributed by atoms with Crippen LogP contribution in [0.3, 0.4) is 0 Å². The van der Waals surface area contributed by atoms with Gasteiger partial charge >= 0.3 is 0 Å². The Morgan fingerprint density at radius 3 is 2.43 bits per heavy atom. The number of aryl methyl sites for hydroxylation is 1. The summed E-state index contributed by atoms with van der Waals surface area (Å²) in [5, 5.41) is 6.97. The minimum atomic E-state index is 0. The summed E-state index contributed by atoms with van der Waals surface area (Å²) < 4.78 is 0.213. The van der Waals surface area contributed by atoms with Crippen molar-refractivity contribution in [2.24, 2.45) is 4.99 Å². The van der Waals surface area contributed by atoms with E-state index in [1.807, 2.05) is 18.8 Å². The molecule has 2 N–H and O–H groups in total. The lowest BCUT2D eigenvalue weighted by molar-refractivity contribution is 0.624. The Morgan fingerprint density at radius 1 is 1.26 bits per heavy atom. The van der Waals surface area contributed by atoms with Crippen LogP contribution in [0.25, 0.3) is 0 Å². The van der Waals surface area contributed by atoms with E-state index in [0.717, 1.165) is 19.0 Å². The quantitative estimate of drug-likeness (QED) is 0.394. The maximum atomic E-state index is 4.36. The molecule has 130 valence electrons. The van der Waals surface area contributed by atoms with Crippen LogP contribution in [0.4, 0.5) is 0 Å². The number of hydrogen-bond donors (Lipinski definition) is 2. The third kappa shape index (κ3) is 5.55. The first-order chi connectivity index (χ1) is 10.4. The van der Waals surface area contributed by atoms with Crippen LogP contribution in [0, 0.1) is 6.92 Å². The van der Waals surface area contributed by atoms with Crippen molar-refractivity contribution in [2.75, 3.05) is 26.4 Å². The fourth-order valence-corrected chi connectivity index (χ4v) is 2.92. The zero-order valence-electron chi connectivity index (χ0n) is 14.9. The zero-order chi connectivity index (χ0) is 16.2. The summed E-state index contributed by atoms with van der Waals surface area (Å²) in [4.78, 5) is 4.36. The summed E-state index contributed by atoms with van der Waals surface area (Å²) in [6, 6.07) is 8.75. The van der Waals surface area contributed by atoms with E-state index in [0.29, 0.717) is 5.41 Å². The molecular formula is C18H30IN3S. The van der Waals surface area contributed by atoms with E-state index < -0.39 is 0 Å². The highest BCUT2D eigenvalue weighted by atomic mass is 127. The van der Waals surface area contributed by atoms with Crippen molar-refractivity contribution in [3.05, 3.63) is 35.4 Å². The number of halogens is 1. The second-order valence-electron chi connectivity index (χ2n) is 6.84. The van der Waals surface area contributed by atoms with Crippen molar-refractivity contribution in [2.45, 2.75) is 43.8 Å². The molecule has 1 aromatic carbocycles. The molecule has 2 rings (SSSR count). The van der Waals surface area contributed by atoms with Crippen LogP contribution in [-0.4, -0.2) is 37.1 Å². The number of rotatable bonds is 6. The number of nitrogens with zero attached hydrogens (tertiary/aromatic N) is 1. The number of aliphatic imine (C=N–C) groups is 1. The van der Waals surface area contributed by atoms with Gasteiger partial charge in [0.15, 0.2) is 5.96 Å². The van der Waals surface area contributed by atoms with Gasteiger partial charge in [0.1, 0.15) is 0 Å². The first-order valence-electron chi connectivity index (χ1n) is 7.98. The lowest BCUT2D eigenvalue weighted by Gasteiger charge is -2.25. The summed E-state index contributed by atoms with van der Waals surface area (Å²) in [6.07, 6.45) is 4.67. The van der Waals surface area contributed by atoms with E-state index in [2.05, 4.69) is 66.9 Å². The van der Waals surface area contributed by atoms with Crippen LogP contribution < -0.4 is 10.6 Å². The van der Waals surface area contributed by atoms with E-state index in [1.54, 1.807) is 0 Å². The minimum Gasteiger partial charge on any atom is -0.356 e. The van der Waals surface area contributed by atoms with Crippen molar-refractivity contribution in [3.63, 3.8) is 0 Å². The molecule has 0 heterocycles. The molecular weight excluding hydrogens is 417 g/mol. The van der Waals surface area contributed by atoms with Gasteiger partial charge in [0, 0.05) is 30.3 Å². The highest BCUT2D eigenvalue weighted by molar-refractivity contribution is 14.0. The van der Waals surface area contributed by atoms with E-state index in [-0.39, 0.29) is 28.7 Å². The SMILES string of the molecule is CN=C(NCC(C)(C)SC)NCC1(c2ccccc2C)CC1.I. The van der Waals surface area contributed by atoms with Crippen LogP contribution in [0.15, 0.2) is 29.3 Å². The normalized spacial score (nSPS) is 16.5. The van der Waals surface area contributed by atoms with Crippen molar-refractivity contribution in [1.29, 1.82) is 0 Å². The molecule has 3 nitrogen and oxygen atoms in total. The maximum absolute atomic E-state index is 4.36. The lowest BCUT2D eigenvalue weighted by atomic mass is 9.92. The lowest BCUT2D eigenvalue weighted by Crippen LogP contribution is -2.45. The van der Waals surface area contributed by atoms with Crippen LogP contribution in [0.2, 0.25) is 0 Å². The predicted molar refractivity (Wildman–Crippen MR) is 114 cm³/mol. The molecule has 1 aromatic rings. The molecule has 5 heteroatoms. The molecule has 1 aliphatic carbocycles. The van der Waals surface area contributed by atoms with E-state index in [9.17, 15) is 0 Å². The second kappa shape index (κ2) is 8.60.